The van der Waals surface area contributed by atoms with Gasteiger partial charge in [0, 0.05) is 26.2 Å². The van der Waals surface area contributed by atoms with E-state index in [1.165, 1.54) is 38.6 Å². The Labute approximate surface area is 92.5 Å². The summed E-state index contributed by atoms with van der Waals surface area (Å²) >= 11 is 0. The minimum atomic E-state index is 0.0143. The third-order valence-electron chi connectivity index (χ3n) is 3.81. The summed E-state index contributed by atoms with van der Waals surface area (Å²) < 4.78 is 11.5. The van der Waals surface area contributed by atoms with Gasteiger partial charge in [0.2, 0.25) is 0 Å². The zero-order valence-corrected chi connectivity index (χ0v) is 9.76. The van der Waals surface area contributed by atoms with Crippen molar-refractivity contribution < 1.29 is 9.47 Å². The van der Waals surface area contributed by atoms with E-state index in [0.29, 0.717) is 5.92 Å². The summed E-state index contributed by atoms with van der Waals surface area (Å²) in [6, 6.07) is 0. The summed E-state index contributed by atoms with van der Waals surface area (Å²) in [5.74, 6) is 0.645. The monoisotopic (exact) mass is 213 g/mol. The Morgan fingerprint density at radius 1 is 1.40 bits per heavy atom. The van der Waals surface area contributed by atoms with Crippen LogP contribution in [-0.4, -0.2) is 39.0 Å². The first-order valence-corrected chi connectivity index (χ1v) is 6.21. The molecule has 0 saturated carbocycles. The molecule has 2 aliphatic rings. The highest BCUT2D eigenvalue weighted by Gasteiger charge is 2.41. The van der Waals surface area contributed by atoms with Gasteiger partial charge in [0.25, 0.3) is 0 Å². The van der Waals surface area contributed by atoms with Crippen LogP contribution in [0.2, 0.25) is 0 Å². The van der Waals surface area contributed by atoms with Crippen molar-refractivity contribution in [2.24, 2.45) is 5.92 Å². The standard InChI is InChI=1S/C12H23NO2/c1-14-10-12(6-2-3-8-15-12)11-5-4-7-13-9-11/h11,13H,2-10H2,1H3. The van der Waals surface area contributed by atoms with Gasteiger partial charge in [-0.3, -0.25) is 0 Å². The zero-order chi connectivity index (χ0) is 10.6. The van der Waals surface area contributed by atoms with Gasteiger partial charge in [-0.2, -0.15) is 0 Å². The van der Waals surface area contributed by atoms with Gasteiger partial charge in [-0.15, -0.1) is 0 Å². The molecule has 0 radical (unpaired) electrons. The van der Waals surface area contributed by atoms with Crippen molar-refractivity contribution in [1.29, 1.82) is 0 Å². The van der Waals surface area contributed by atoms with E-state index in [0.717, 1.165) is 19.8 Å². The minimum Gasteiger partial charge on any atom is -0.382 e. The Kier molecular flexibility index (Phi) is 4.00. The molecule has 0 amide bonds. The second-order valence-electron chi connectivity index (χ2n) is 4.85. The first kappa shape index (κ1) is 11.4. The maximum Gasteiger partial charge on any atom is 0.0954 e. The van der Waals surface area contributed by atoms with Crippen LogP contribution >= 0.6 is 0 Å². The number of hydrogen-bond donors (Lipinski definition) is 1. The smallest absolute Gasteiger partial charge is 0.0954 e. The molecule has 2 rings (SSSR count). The van der Waals surface area contributed by atoms with Crippen LogP contribution in [0.15, 0.2) is 0 Å². The van der Waals surface area contributed by atoms with Gasteiger partial charge in [0.15, 0.2) is 0 Å². The molecule has 2 fully saturated rings. The molecule has 1 N–H and O–H groups in total. The molecule has 2 atom stereocenters. The molecule has 0 spiro atoms. The lowest BCUT2D eigenvalue weighted by Crippen LogP contribution is -2.52. The fourth-order valence-corrected chi connectivity index (χ4v) is 2.97. The van der Waals surface area contributed by atoms with Gasteiger partial charge in [-0.1, -0.05) is 0 Å². The highest BCUT2D eigenvalue weighted by molar-refractivity contribution is 4.93. The van der Waals surface area contributed by atoms with Crippen molar-refractivity contribution in [2.45, 2.75) is 37.7 Å². The number of piperidine rings is 1. The van der Waals surface area contributed by atoms with Crippen molar-refractivity contribution in [3.63, 3.8) is 0 Å². The number of nitrogens with one attached hydrogen (secondary N) is 1. The van der Waals surface area contributed by atoms with Gasteiger partial charge in [0.1, 0.15) is 0 Å². The normalized spacial score (nSPS) is 37.8. The average molecular weight is 213 g/mol. The molecule has 0 aromatic rings. The third-order valence-corrected chi connectivity index (χ3v) is 3.81. The SMILES string of the molecule is COCC1(C2CCCNC2)CCCCO1. The zero-order valence-electron chi connectivity index (χ0n) is 9.76. The van der Waals surface area contributed by atoms with Crippen molar-refractivity contribution in [3.8, 4) is 0 Å². The molecule has 88 valence electrons. The molecule has 0 aromatic heterocycles. The van der Waals surface area contributed by atoms with Crippen LogP contribution in [0.4, 0.5) is 0 Å². The lowest BCUT2D eigenvalue weighted by atomic mass is 9.78. The quantitative estimate of drug-likeness (QED) is 0.772. The lowest BCUT2D eigenvalue weighted by Gasteiger charge is -2.44. The van der Waals surface area contributed by atoms with Gasteiger partial charge in [-0.05, 0) is 38.6 Å². The fraction of sp³-hybridized carbons (Fsp3) is 1.00. The summed E-state index contributed by atoms with van der Waals surface area (Å²) in [6.45, 7) is 3.95. The van der Waals surface area contributed by atoms with Crippen LogP contribution in [0.3, 0.4) is 0 Å². The van der Waals surface area contributed by atoms with Crippen molar-refractivity contribution in [2.75, 3.05) is 33.4 Å². The maximum atomic E-state index is 6.08. The summed E-state index contributed by atoms with van der Waals surface area (Å²) in [5, 5.41) is 3.48. The minimum absolute atomic E-state index is 0.0143. The Morgan fingerprint density at radius 2 is 2.33 bits per heavy atom. The Balaban J connectivity index is 2.01. The molecule has 3 nitrogen and oxygen atoms in total. The molecule has 2 saturated heterocycles. The predicted molar refractivity (Wildman–Crippen MR) is 60.0 cm³/mol. The summed E-state index contributed by atoms with van der Waals surface area (Å²) in [6.07, 6.45) is 6.24. The first-order valence-electron chi connectivity index (χ1n) is 6.21. The molecule has 2 aliphatic heterocycles. The Bertz CT molecular complexity index is 179. The lowest BCUT2D eigenvalue weighted by molar-refractivity contribution is -0.152. The van der Waals surface area contributed by atoms with E-state index in [1.54, 1.807) is 7.11 Å². The van der Waals surface area contributed by atoms with E-state index >= 15 is 0 Å². The molecule has 0 aromatic carbocycles. The Morgan fingerprint density at radius 3 is 2.93 bits per heavy atom. The van der Waals surface area contributed by atoms with Crippen molar-refractivity contribution in [1.82, 2.24) is 5.32 Å². The van der Waals surface area contributed by atoms with Crippen LogP contribution in [0, 0.1) is 5.92 Å². The van der Waals surface area contributed by atoms with Crippen LogP contribution < -0.4 is 5.32 Å². The highest BCUT2D eigenvalue weighted by Crippen LogP contribution is 2.35. The average Bonchev–Trinajstić information content (AvgIpc) is 2.32. The second-order valence-corrected chi connectivity index (χ2v) is 4.85. The number of ether oxygens (including phenoxy) is 2. The van der Waals surface area contributed by atoms with Gasteiger partial charge >= 0.3 is 0 Å². The summed E-state index contributed by atoms with van der Waals surface area (Å²) in [5.41, 5.74) is 0.0143. The van der Waals surface area contributed by atoms with E-state index in [2.05, 4.69) is 5.32 Å². The maximum absolute atomic E-state index is 6.08. The van der Waals surface area contributed by atoms with Crippen LogP contribution in [0.25, 0.3) is 0 Å². The molecule has 15 heavy (non-hydrogen) atoms. The fourth-order valence-electron chi connectivity index (χ4n) is 2.97. The van der Waals surface area contributed by atoms with Gasteiger partial charge < -0.3 is 14.8 Å². The number of hydrogen-bond acceptors (Lipinski definition) is 3. The third kappa shape index (κ3) is 2.52. The van der Waals surface area contributed by atoms with Crippen LogP contribution in [0.5, 0.6) is 0 Å². The summed E-state index contributed by atoms with van der Waals surface area (Å²) in [4.78, 5) is 0. The topological polar surface area (TPSA) is 30.5 Å². The molecule has 0 bridgehead atoms. The van der Waals surface area contributed by atoms with Crippen LogP contribution in [-0.2, 0) is 9.47 Å². The predicted octanol–water partition coefficient (Wildman–Crippen LogP) is 1.57. The molecule has 2 unspecified atom stereocenters. The number of rotatable bonds is 3. The molecule has 2 heterocycles. The van der Waals surface area contributed by atoms with Gasteiger partial charge in [-0.25, -0.2) is 0 Å². The largest absolute Gasteiger partial charge is 0.382 e. The number of methoxy groups -OCH3 is 1. The molecular weight excluding hydrogens is 190 g/mol. The van der Waals surface area contributed by atoms with E-state index in [-0.39, 0.29) is 5.60 Å². The van der Waals surface area contributed by atoms with E-state index in [1.807, 2.05) is 0 Å². The van der Waals surface area contributed by atoms with E-state index < -0.39 is 0 Å². The van der Waals surface area contributed by atoms with E-state index in [9.17, 15) is 0 Å². The molecule has 3 heteroatoms. The molecule has 0 aliphatic carbocycles. The first-order chi connectivity index (χ1) is 7.37. The second kappa shape index (κ2) is 5.28. The summed E-state index contributed by atoms with van der Waals surface area (Å²) in [7, 11) is 1.79. The van der Waals surface area contributed by atoms with E-state index in [4.69, 9.17) is 9.47 Å². The van der Waals surface area contributed by atoms with Gasteiger partial charge in [0.05, 0.1) is 12.2 Å². The highest BCUT2D eigenvalue weighted by atomic mass is 16.5. The Hall–Kier alpha value is -0.120. The van der Waals surface area contributed by atoms with Crippen LogP contribution in [0.1, 0.15) is 32.1 Å². The molecular formula is C12H23NO2. The van der Waals surface area contributed by atoms with Crippen molar-refractivity contribution in [3.05, 3.63) is 0 Å². The van der Waals surface area contributed by atoms with Crippen molar-refractivity contribution >= 4 is 0 Å².